The summed E-state index contributed by atoms with van der Waals surface area (Å²) < 4.78 is 8.88. The van der Waals surface area contributed by atoms with Gasteiger partial charge in [0.25, 0.3) is 0 Å². The van der Waals surface area contributed by atoms with E-state index in [9.17, 15) is 0 Å². The van der Waals surface area contributed by atoms with Crippen molar-refractivity contribution < 1.29 is 70.6 Å². The Morgan fingerprint density at radius 2 is 1.44 bits per heavy atom. The fourth-order valence-corrected chi connectivity index (χ4v) is 0.887. The maximum absolute atomic E-state index is 8.88. The molecule has 0 spiro atoms. The zero-order valence-electron chi connectivity index (χ0n) is 10.0. The van der Waals surface area contributed by atoms with Crippen LogP contribution in [0.3, 0.4) is 0 Å². The maximum atomic E-state index is 8.88. The van der Waals surface area contributed by atoms with E-state index >= 15 is 0 Å². The summed E-state index contributed by atoms with van der Waals surface area (Å²) in [7, 11) is -4.64. The maximum Gasteiger partial charge on any atom is 1.00 e. The van der Waals surface area contributed by atoms with Crippen LogP contribution in [0.4, 0.5) is 0 Å². The summed E-state index contributed by atoms with van der Waals surface area (Å²) in [6.45, 7) is 6.63. The molecular formula is C10H16KO4P. The number of hydrogen-bond donors (Lipinski definition) is 3. The zero-order chi connectivity index (χ0) is 12.1. The van der Waals surface area contributed by atoms with Crippen molar-refractivity contribution in [2.24, 2.45) is 0 Å². The zero-order valence-corrected chi connectivity index (χ0v) is 14.0. The van der Waals surface area contributed by atoms with Gasteiger partial charge in [-0.05, 0) is 5.41 Å². The Balaban J connectivity index is 0. The molecule has 0 aromatic heterocycles. The van der Waals surface area contributed by atoms with E-state index in [-0.39, 0.29) is 56.8 Å². The minimum absolute atomic E-state index is 0. The third-order valence-electron chi connectivity index (χ3n) is 1.58. The van der Waals surface area contributed by atoms with Crippen molar-refractivity contribution in [1.82, 2.24) is 0 Å². The van der Waals surface area contributed by atoms with Crippen molar-refractivity contribution in [2.75, 3.05) is 0 Å². The Kier molecular flexibility index (Phi) is 9.82. The Hall–Kier alpha value is 0.966. The molecule has 1 aromatic rings. The van der Waals surface area contributed by atoms with Crippen molar-refractivity contribution in [2.45, 2.75) is 26.2 Å². The van der Waals surface area contributed by atoms with Crippen LogP contribution < -0.4 is 51.4 Å². The van der Waals surface area contributed by atoms with Gasteiger partial charge in [0.2, 0.25) is 0 Å². The number of benzene rings is 1. The standard InChI is InChI=1S/C10H13.K.H3O4P/c1-10(2,3)9-7-5-4-6-8-9;;1-5(2,3)4/h5-8H,1-3H3;;(H3,1,2,3,4)/q-1;+1;. The van der Waals surface area contributed by atoms with E-state index in [0.29, 0.717) is 0 Å². The van der Waals surface area contributed by atoms with Crippen LogP contribution in [0.25, 0.3) is 0 Å². The van der Waals surface area contributed by atoms with Crippen LogP contribution in [0, 0.1) is 6.07 Å². The molecule has 0 bridgehead atoms. The summed E-state index contributed by atoms with van der Waals surface area (Å²) in [5.41, 5.74) is 1.64. The normalized spacial score (nSPS) is 10.9. The summed E-state index contributed by atoms with van der Waals surface area (Å²) in [6, 6.07) is 11.1. The van der Waals surface area contributed by atoms with E-state index < -0.39 is 7.82 Å². The molecule has 0 aliphatic rings. The summed E-state index contributed by atoms with van der Waals surface area (Å²) in [6.07, 6.45) is 0. The van der Waals surface area contributed by atoms with Gasteiger partial charge in [0, 0.05) is 0 Å². The van der Waals surface area contributed by atoms with Gasteiger partial charge in [-0.2, -0.15) is 35.9 Å². The second-order valence-corrected chi connectivity index (χ2v) is 5.08. The molecule has 0 saturated carbocycles. The largest absolute Gasteiger partial charge is 1.00 e. The first-order valence-corrected chi connectivity index (χ1v) is 5.92. The number of rotatable bonds is 0. The van der Waals surface area contributed by atoms with Crippen molar-refractivity contribution in [3.8, 4) is 0 Å². The van der Waals surface area contributed by atoms with Gasteiger partial charge in [0.15, 0.2) is 0 Å². The summed E-state index contributed by atoms with van der Waals surface area (Å²) in [4.78, 5) is 21.6. The molecule has 0 radical (unpaired) electrons. The molecule has 0 aliphatic heterocycles. The van der Waals surface area contributed by atoms with E-state index in [2.05, 4.69) is 39.0 Å². The Labute approximate surface area is 139 Å². The molecule has 0 heterocycles. The first kappa shape index (κ1) is 19.3. The molecule has 0 saturated heterocycles. The van der Waals surface area contributed by atoms with Gasteiger partial charge in [0.1, 0.15) is 0 Å². The summed E-state index contributed by atoms with van der Waals surface area (Å²) in [5.74, 6) is 0. The minimum atomic E-state index is -4.64. The van der Waals surface area contributed by atoms with Gasteiger partial charge in [-0.3, -0.25) is 0 Å². The van der Waals surface area contributed by atoms with E-state index in [4.69, 9.17) is 19.2 Å². The summed E-state index contributed by atoms with van der Waals surface area (Å²) in [5, 5.41) is 0. The van der Waals surface area contributed by atoms with Gasteiger partial charge in [-0.1, -0.05) is 20.8 Å². The van der Waals surface area contributed by atoms with E-state index in [1.165, 1.54) is 5.56 Å². The quantitative estimate of drug-likeness (QED) is 0.316. The van der Waals surface area contributed by atoms with Crippen LogP contribution in [0.2, 0.25) is 0 Å². The average molecular weight is 270 g/mol. The molecule has 86 valence electrons. The SMILES string of the molecule is CC(C)(C)c1cc[c-]cc1.O=P(O)(O)O.[K+]. The predicted molar refractivity (Wildman–Crippen MR) is 58.2 cm³/mol. The van der Waals surface area contributed by atoms with Gasteiger partial charge in [0.05, 0.1) is 0 Å². The number of hydrogen-bond acceptors (Lipinski definition) is 1. The molecule has 1 aromatic carbocycles. The average Bonchev–Trinajstić information content (AvgIpc) is 2.01. The molecule has 4 nitrogen and oxygen atoms in total. The van der Waals surface area contributed by atoms with Crippen molar-refractivity contribution in [1.29, 1.82) is 0 Å². The van der Waals surface area contributed by atoms with Gasteiger partial charge < -0.3 is 14.7 Å². The molecule has 6 heteroatoms. The fourth-order valence-electron chi connectivity index (χ4n) is 0.887. The van der Waals surface area contributed by atoms with E-state index in [1.807, 2.05) is 12.1 Å². The molecular weight excluding hydrogens is 254 g/mol. The first-order chi connectivity index (χ1) is 6.61. The molecule has 0 aliphatic carbocycles. The van der Waals surface area contributed by atoms with Crippen molar-refractivity contribution >= 4 is 7.82 Å². The van der Waals surface area contributed by atoms with Crippen LogP contribution in [-0.4, -0.2) is 14.7 Å². The molecule has 16 heavy (non-hydrogen) atoms. The van der Waals surface area contributed by atoms with Crippen LogP contribution in [-0.2, 0) is 9.98 Å². The molecule has 0 fully saturated rings. The van der Waals surface area contributed by atoms with Crippen molar-refractivity contribution in [3.63, 3.8) is 0 Å². The van der Waals surface area contributed by atoms with Crippen LogP contribution in [0.5, 0.6) is 0 Å². The van der Waals surface area contributed by atoms with E-state index in [1.54, 1.807) is 0 Å². The second-order valence-electron chi connectivity index (χ2n) is 4.05. The topological polar surface area (TPSA) is 77.8 Å². The number of phosphoric acid groups is 1. The Morgan fingerprint density at radius 3 is 1.62 bits per heavy atom. The third-order valence-corrected chi connectivity index (χ3v) is 1.58. The fraction of sp³-hybridized carbons (Fsp3) is 0.400. The van der Waals surface area contributed by atoms with Crippen LogP contribution in [0.1, 0.15) is 26.3 Å². The van der Waals surface area contributed by atoms with Crippen molar-refractivity contribution in [3.05, 3.63) is 35.9 Å². The van der Waals surface area contributed by atoms with Gasteiger partial charge in [-0.15, -0.1) is 0 Å². The van der Waals surface area contributed by atoms with Gasteiger partial charge >= 0.3 is 59.2 Å². The molecule has 0 unspecified atom stereocenters. The minimum Gasteiger partial charge on any atom is -0.303 e. The summed E-state index contributed by atoms with van der Waals surface area (Å²) >= 11 is 0. The molecule has 0 amide bonds. The first-order valence-electron chi connectivity index (χ1n) is 4.35. The molecule has 1 rings (SSSR count). The van der Waals surface area contributed by atoms with Gasteiger partial charge in [-0.25, -0.2) is 4.57 Å². The van der Waals surface area contributed by atoms with E-state index in [0.717, 1.165) is 0 Å². The Morgan fingerprint density at radius 1 is 1.12 bits per heavy atom. The van der Waals surface area contributed by atoms with Crippen LogP contribution in [0.15, 0.2) is 24.3 Å². The molecule has 3 N–H and O–H groups in total. The van der Waals surface area contributed by atoms with Crippen LogP contribution >= 0.6 is 7.82 Å². The third kappa shape index (κ3) is 13.0. The smallest absolute Gasteiger partial charge is 0.303 e. The Bertz CT molecular complexity index is 320. The molecule has 0 atom stereocenters. The second kappa shape index (κ2) is 8.14. The predicted octanol–water partition coefficient (Wildman–Crippen LogP) is -1.14. The monoisotopic (exact) mass is 270 g/mol.